The number of nitrogens with zero attached hydrogens (tertiary/aromatic N) is 4. The summed E-state index contributed by atoms with van der Waals surface area (Å²) in [6.07, 6.45) is 4.51. The van der Waals surface area contributed by atoms with Crippen LogP contribution in [0.25, 0.3) is 0 Å². The first-order valence-corrected chi connectivity index (χ1v) is 10.1. The minimum atomic E-state index is 0.196. The first kappa shape index (κ1) is 18.3. The number of halogens is 1. The Hall–Kier alpha value is -2.08. The molecular weight excluding hydrogens is 360 g/mol. The molecule has 0 bridgehead atoms. The number of aliphatic imine (C=N–C) groups is 1. The van der Waals surface area contributed by atoms with E-state index in [0.717, 1.165) is 55.1 Å². The van der Waals surface area contributed by atoms with Crippen LogP contribution >= 0.6 is 11.6 Å². The van der Waals surface area contributed by atoms with E-state index < -0.39 is 0 Å². The van der Waals surface area contributed by atoms with Crippen molar-refractivity contribution in [3.63, 3.8) is 0 Å². The molecule has 1 aromatic heterocycles. The molecule has 2 heterocycles. The summed E-state index contributed by atoms with van der Waals surface area (Å²) in [4.78, 5) is 4.40. The number of benzene rings is 1. The number of aromatic nitrogens is 3. The van der Waals surface area contributed by atoms with Gasteiger partial charge in [-0.3, -0.25) is 4.99 Å². The number of fused-ring (bicyclic) bond motifs is 1. The molecule has 7 heteroatoms. The zero-order chi connectivity index (χ0) is 18.9. The highest BCUT2D eigenvalue weighted by atomic mass is 35.5. The normalized spacial score (nSPS) is 20.9. The molecule has 1 saturated carbocycles. The lowest BCUT2D eigenvalue weighted by molar-refractivity contribution is 0.358. The molecule has 4 rings (SSSR count). The molecule has 27 heavy (non-hydrogen) atoms. The average molecular weight is 387 g/mol. The maximum Gasteiger partial charge on any atom is 0.191 e. The van der Waals surface area contributed by atoms with Crippen molar-refractivity contribution in [2.45, 2.75) is 44.6 Å². The fourth-order valence-corrected chi connectivity index (χ4v) is 4.14. The molecule has 0 saturated heterocycles. The number of hydrogen-bond acceptors (Lipinski definition) is 3. The van der Waals surface area contributed by atoms with Crippen LogP contribution < -0.4 is 10.6 Å². The van der Waals surface area contributed by atoms with Gasteiger partial charge in [-0.1, -0.05) is 23.7 Å². The van der Waals surface area contributed by atoms with Gasteiger partial charge in [0.15, 0.2) is 5.96 Å². The van der Waals surface area contributed by atoms with Crippen molar-refractivity contribution < 1.29 is 0 Å². The van der Waals surface area contributed by atoms with Crippen molar-refractivity contribution in [1.82, 2.24) is 25.4 Å². The number of aryl methyl sites for hydroxylation is 2. The van der Waals surface area contributed by atoms with Gasteiger partial charge in [0.2, 0.25) is 0 Å². The minimum absolute atomic E-state index is 0.196. The monoisotopic (exact) mass is 386 g/mol. The Morgan fingerprint density at radius 1 is 1.33 bits per heavy atom. The van der Waals surface area contributed by atoms with E-state index in [1.807, 2.05) is 26.1 Å². The van der Waals surface area contributed by atoms with E-state index in [4.69, 9.17) is 11.6 Å². The second kappa shape index (κ2) is 7.50. The molecule has 1 aromatic carbocycles. The molecule has 1 unspecified atom stereocenters. The number of nitrogens with one attached hydrogen (secondary N) is 2. The fourth-order valence-electron chi connectivity index (χ4n) is 3.95. The van der Waals surface area contributed by atoms with Crippen LogP contribution in [0.4, 0.5) is 0 Å². The number of hydrogen-bond donors (Lipinski definition) is 2. The molecule has 1 atom stereocenters. The highest BCUT2D eigenvalue weighted by molar-refractivity contribution is 6.30. The van der Waals surface area contributed by atoms with Gasteiger partial charge in [-0.15, -0.1) is 10.2 Å². The lowest BCUT2D eigenvalue weighted by Crippen LogP contribution is -2.44. The van der Waals surface area contributed by atoms with Crippen LogP contribution in [0, 0.1) is 12.8 Å². The van der Waals surface area contributed by atoms with Crippen LogP contribution in [-0.4, -0.2) is 40.9 Å². The van der Waals surface area contributed by atoms with Gasteiger partial charge in [0.1, 0.15) is 11.6 Å². The third-order valence-corrected chi connectivity index (χ3v) is 6.13. The Morgan fingerprint density at radius 2 is 2.19 bits per heavy atom. The first-order valence-electron chi connectivity index (χ1n) is 9.69. The zero-order valence-electron chi connectivity index (χ0n) is 16.0. The summed E-state index contributed by atoms with van der Waals surface area (Å²) >= 11 is 6.18. The molecule has 2 aromatic rings. The molecule has 2 aliphatic rings. The van der Waals surface area contributed by atoms with E-state index in [2.05, 4.69) is 42.5 Å². The van der Waals surface area contributed by atoms with Gasteiger partial charge >= 0.3 is 0 Å². The summed E-state index contributed by atoms with van der Waals surface area (Å²) in [6, 6.07) is 8.24. The predicted octanol–water partition coefficient (Wildman–Crippen LogP) is 2.70. The van der Waals surface area contributed by atoms with E-state index >= 15 is 0 Å². The van der Waals surface area contributed by atoms with Crippen LogP contribution in [0.3, 0.4) is 0 Å². The highest BCUT2D eigenvalue weighted by Gasteiger charge is 2.44. The smallest absolute Gasteiger partial charge is 0.191 e. The molecule has 0 amide bonds. The van der Waals surface area contributed by atoms with E-state index in [1.54, 1.807) is 0 Å². The number of guanidine groups is 1. The van der Waals surface area contributed by atoms with E-state index in [0.29, 0.717) is 5.92 Å². The summed E-state index contributed by atoms with van der Waals surface area (Å²) in [5.74, 6) is 3.56. The van der Waals surface area contributed by atoms with Crippen molar-refractivity contribution in [2.24, 2.45) is 10.9 Å². The summed E-state index contributed by atoms with van der Waals surface area (Å²) in [5.41, 5.74) is 1.52. The summed E-state index contributed by atoms with van der Waals surface area (Å²) in [5, 5.41) is 16.3. The van der Waals surface area contributed by atoms with Crippen LogP contribution in [0.5, 0.6) is 0 Å². The average Bonchev–Trinajstić information content (AvgIpc) is 3.39. The van der Waals surface area contributed by atoms with Gasteiger partial charge in [-0.05, 0) is 49.8 Å². The lowest BCUT2D eigenvalue weighted by Gasteiger charge is -2.25. The van der Waals surface area contributed by atoms with Gasteiger partial charge < -0.3 is 15.2 Å². The maximum atomic E-state index is 6.18. The van der Waals surface area contributed by atoms with Crippen molar-refractivity contribution >= 4 is 17.6 Å². The molecular formula is C20H27ClN6. The van der Waals surface area contributed by atoms with Crippen molar-refractivity contribution in [2.75, 3.05) is 20.1 Å². The van der Waals surface area contributed by atoms with Crippen LogP contribution in [0.15, 0.2) is 29.3 Å². The quantitative estimate of drug-likeness (QED) is 0.612. The third-order valence-electron chi connectivity index (χ3n) is 5.90. The molecule has 1 fully saturated rings. The van der Waals surface area contributed by atoms with Crippen molar-refractivity contribution in [3.8, 4) is 0 Å². The largest absolute Gasteiger partial charge is 0.356 e. The van der Waals surface area contributed by atoms with E-state index in [9.17, 15) is 0 Å². The highest BCUT2D eigenvalue weighted by Crippen LogP contribution is 2.48. The Labute approximate surface area is 165 Å². The Bertz CT molecular complexity index is 839. The third kappa shape index (κ3) is 3.95. The van der Waals surface area contributed by atoms with Crippen LogP contribution in [-0.2, 0) is 18.4 Å². The standard InChI is InChI=1S/C20H27ClN6/c1-14-25-26-18-7-6-15(12-27(14)18)11-23-19(22-2)24-13-20(8-9-20)16-4-3-5-17(21)10-16/h3-5,10,15H,6-9,11-13H2,1-2H3,(H2,22,23,24). The molecule has 6 nitrogen and oxygen atoms in total. The summed E-state index contributed by atoms with van der Waals surface area (Å²) in [7, 11) is 1.83. The minimum Gasteiger partial charge on any atom is -0.356 e. The number of rotatable bonds is 5. The van der Waals surface area contributed by atoms with Crippen molar-refractivity contribution in [3.05, 3.63) is 46.5 Å². The molecule has 2 N–H and O–H groups in total. The van der Waals surface area contributed by atoms with Gasteiger partial charge in [0.25, 0.3) is 0 Å². The summed E-state index contributed by atoms with van der Waals surface area (Å²) in [6.45, 7) is 4.79. The van der Waals surface area contributed by atoms with Crippen LogP contribution in [0.2, 0.25) is 5.02 Å². The second-order valence-electron chi connectivity index (χ2n) is 7.78. The zero-order valence-corrected chi connectivity index (χ0v) is 16.8. The SMILES string of the molecule is CN=C(NCC1CCc2nnc(C)n2C1)NCC1(c2cccc(Cl)c2)CC1. The molecule has 1 aliphatic carbocycles. The van der Waals surface area contributed by atoms with Gasteiger partial charge in [-0.2, -0.15) is 0 Å². The van der Waals surface area contributed by atoms with Gasteiger partial charge in [0, 0.05) is 43.5 Å². The second-order valence-corrected chi connectivity index (χ2v) is 8.21. The lowest BCUT2D eigenvalue weighted by atomic mass is 9.96. The maximum absolute atomic E-state index is 6.18. The summed E-state index contributed by atoms with van der Waals surface area (Å²) < 4.78 is 2.24. The van der Waals surface area contributed by atoms with Crippen LogP contribution in [0.1, 0.15) is 36.5 Å². The topological polar surface area (TPSA) is 67.1 Å². The van der Waals surface area contributed by atoms with Crippen molar-refractivity contribution in [1.29, 1.82) is 0 Å². The van der Waals surface area contributed by atoms with Gasteiger partial charge in [-0.25, -0.2) is 0 Å². The molecule has 0 spiro atoms. The Balaban J connectivity index is 1.30. The predicted molar refractivity (Wildman–Crippen MR) is 108 cm³/mol. The first-order chi connectivity index (χ1) is 13.1. The fraction of sp³-hybridized carbons (Fsp3) is 0.550. The molecule has 0 radical (unpaired) electrons. The molecule has 144 valence electrons. The Morgan fingerprint density at radius 3 is 2.93 bits per heavy atom. The Kier molecular flexibility index (Phi) is 5.08. The molecule has 1 aliphatic heterocycles. The van der Waals surface area contributed by atoms with E-state index in [1.165, 1.54) is 18.4 Å². The van der Waals surface area contributed by atoms with Gasteiger partial charge in [0.05, 0.1) is 0 Å². The van der Waals surface area contributed by atoms with E-state index in [-0.39, 0.29) is 5.41 Å².